The molecule has 5 rings (SSSR count). The summed E-state index contributed by atoms with van der Waals surface area (Å²) in [6.07, 6.45) is 3.01. The van der Waals surface area contributed by atoms with Crippen molar-refractivity contribution in [1.29, 1.82) is 0 Å². The summed E-state index contributed by atoms with van der Waals surface area (Å²) in [6.45, 7) is 0.702. The van der Waals surface area contributed by atoms with E-state index in [0.717, 1.165) is 40.9 Å². The van der Waals surface area contributed by atoms with Gasteiger partial charge in [-0.3, -0.25) is 4.79 Å². The molecule has 0 radical (unpaired) electrons. The first-order chi connectivity index (χ1) is 14.2. The number of hydrogen-bond donors (Lipinski definition) is 2. The molecule has 0 bridgehead atoms. The summed E-state index contributed by atoms with van der Waals surface area (Å²) in [7, 11) is 0. The van der Waals surface area contributed by atoms with Crippen LogP contribution in [0.25, 0.3) is 21.6 Å². The molecule has 1 amide bonds. The Morgan fingerprint density at radius 2 is 1.93 bits per heavy atom. The van der Waals surface area contributed by atoms with E-state index in [-0.39, 0.29) is 0 Å². The largest absolute Gasteiger partial charge is 0.366 e. The Hall–Kier alpha value is -3.32. The van der Waals surface area contributed by atoms with Gasteiger partial charge in [-0.1, -0.05) is 42.5 Å². The molecular weight excluding hydrogens is 382 g/mol. The molecule has 144 valence electrons. The number of fused-ring (bicyclic) bond motifs is 2. The summed E-state index contributed by atoms with van der Waals surface area (Å²) in [6, 6.07) is 15.7. The van der Waals surface area contributed by atoms with E-state index in [9.17, 15) is 4.79 Å². The van der Waals surface area contributed by atoms with Gasteiger partial charge in [0.1, 0.15) is 11.5 Å². The van der Waals surface area contributed by atoms with E-state index < -0.39 is 5.91 Å². The minimum atomic E-state index is -0.453. The lowest BCUT2D eigenvalue weighted by atomic mass is 10.1. The van der Waals surface area contributed by atoms with Gasteiger partial charge in [0.25, 0.3) is 0 Å². The first kappa shape index (κ1) is 17.8. The molecule has 0 atom stereocenters. The highest BCUT2D eigenvalue weighted by atomic mass is 32.1. The third-order valence-corrected chi connectivity index (χ3v) is 6.11. The van der Waals surface area contributed by atoms with Crippen LogP contribution in [0.4, 0.5) is 5.82 Å². The lowest BCUT2D eigenvalue weighted by molar-refractivity contribution is 0.100. The fourth-order valence-corrected chi connectivity index (χ4v) is 4.68. The monoisotopic (exact) mass is 401 g/mol. The van der Waals surface area contributed by atoms with Gasteiger partial charge >= 0.3 is 0 Å². The van der Waals surface area contributed by atoms with Crippen LogP contribution in [0.5, 0.6) is 0 Å². The molecule has 6 nitrogen and oxygen atoms in total. The van der Waals surface area contributed by atoms with Crippen molar-refractivity contribution in [1.82, 2.24) is 14.3 Å². The van der Waals surface area contributed by atoms with Crippen LogP contribution >= 0.6 is 11.5 Å². The number of nitrogens with zero attached hydrogens (tertiary/aromatic N) is 3. The van der Waals surface area contributed by atoms with Gasteiger partial charge in [0.2, 0.25) is 5.91 Å². The van der Waals surface area contributed by atoms with Crippen LogP contribution in [0, 0.1) is 0 Å². The molecule has 0 saturated heterocycles. The molecular formula is C22H19N5OS. The smallest absolute Gasteiger partial charge is 0.250 e. The maximum atomic E-state index is 11.7. The minimum absolute atomic E-state index is 0.453. The van der Waals surface area contributed by atoms with Gasteiger partial charge in [-0.25, -0.2) is 9.97 Å². The summed E-state index contributed by atoms with van der Waals surface area (Å²) in [5.41, 5.74) is 10.2. The third-order valence-electron chi connectivity index (χ3n) is 5.21. The lowest BCUT2D eigenvalue weighted by Gasteiger charge is -2.12. The molecule has 29 heavy (non-hydrogen) atoms. The number of primary amides is 1. The molecule has 4 aromatic rings. The fourth-order valence-electron chi connectivity index (χ4n) is 3.78. The second kappa shape index (κ2) is 7.25. The first-order valence-corrected chi connectivity index (χ1v) is 10.3. The van der Waals surface area contributed by atoms with E-state index in [1.807, 2.05) is 30.3 Å². The average molecular weight is 401 g/mol. The van der Waals surface area contributed by atoms with Crippen molar-refractivity contribution in [2.24, 2.45) is 5.73 Å². The van der Waals surface area contributed by atoms with Crippen LogP contribution in [-0.2, 0) is 19.4 Å². The van der Waals surface area contributed by atoms with Crippen LogP contribution < -0.4 is 11.1 Å². The number of aromatic nitrogens is 3. The van der Waals surface area contributed by atoms with Gasteiger partial charge < -0.3 is 11.1 Å². The Labute approximate surface area is 172 Å². The average Bonchev–Trinajstić information content (AvgIpc) is 3.39. The van der Waals surface area contributed by atoms with E-state index >= 15 is 0 Å². The van der Waals surface area contributed by atoms with E-state index in [4.69, 9.17) is 15.7 Å². The lowest BCUT2D eigenvalue weighted by Crippen LogP contribution is -2.10. The fraction of sp³-hybridized carbons (Fsp3) is 0.182. The number of carbonyl (C=O) groups excluding carboxylic acids is 1. The Balaban J connectivity index is 1.57. The molecule has 0 fully saturated rings. The second-order valence-electron chi connectivity index (χ2n) is 7.09. The van der Waals surface area contributed by atoms with Gasteiger partial charge in [0.05, 0.1) is 10.3 Å². The number of benzene rings is 2. The van der Waals surface area contributed by atoms with E-state index in [0.29, 0.717) is 23.6 Å². The van der Waals surface area contributed by atoms with Gasteiger partial charge in [-0.2, -0.15) is 4.37 Å². The van der Waals surface area contributed by atoms with E-state index in [1.165, 1.54) is 22.7 Å². The number of rotatable bonds is 5. The van der Waals surface area contributed by atoms with Crippen molar-refractivity contribution >= 4 is 33.3 Å². The zero-order valence-corrected chi connectivity index (χ0v) is 16.5. The molecule has 1 aliphatic rings. The highest BCUT2D eigenvalue weighted by Crippen LogP contribution is 2.34. The van der Waals surface area contributed by atoms with Crippen LogP contribution in [0.1, 0.15) is 33.6 Å². The van der Waals surface area contributed by atoms with Crippen LogP contribution in [-0.4, -0.2) is 20.2 Å². The molecule has 2 heterocycles. The van der Waals surface area contributed by atoms with Crippen molar-refractivity contribution < 1.29 is 4.79 Å². The van der Waals surface area contributed by atoms with Gasteiger partial charge in [0, 0.05) is 23.2 Å². The molecule has 0 unspecified atom stereocenters. The topological polar surface area (TPSA) is 93.8 Å². The third kappa shape index (κ3) is 3.23. The number of amides is 1. The summed E-state index contributed by atoms with van der Waals surface area (Å²) in [5.74, 6) is 1.01. The predicted octanol–water partition coefficient (Wildman–Crippen LogP) is 3.95. The van der Waals surface area contributed by atoms with Crippen molar-refractivity contribution in [2.45, 2.75) is 25.8 Å². The maximum Gasteiger partial charge on any atom is 0.250 e. The minimum Gasteiger partial charge on any atom is -0.366 e. The molecule has 2 aromatic heterocycles. The van der Waals surface area contributed by atoms with Crippen LogP contribution in [0.3, 0.4) is 0 Å². The predicted molar refractivity (Wildman–Crippen MR) is 115 cm³/mol. The Morgan fingerprint density at radius 3 is 2.76 bits per heavy atom. The number of nitrogens with one attached hydrogen (secondary N) is 1. The molecule has 0 aliphatic heterocycles. The number of anilines is 1. The van der Waals surface area contributed by atoms with Crippen molar-refractivity contribution in [3.63, 3.8) is 0 Å². The number of hydrogen-bond acceptors (Lipinski definition) is 6. The summed E-state index contributed by atoms with van der Waals surface area (Å²) >= 11 is 1.26. The summed E-state index contributed by atoms with van der Waals surface area (Å²) in [4.78, 5) is 21.4. The Morgan fingerprint density at radius 1 is 1.07 bits per heavy atom. The highest BCUT2D eigenvalue weighted by molar-refractivity contribution is 7.14. The van der Waals surface area contributed by atoms with E-state index in [1.54, 1.807) is 6.07 Å². The standard InChI is InChI=1S/C22H19N5OS/c23-20(28)16-10-4-9-15-18(27-29-19(15)16)22-25-17-11-5-8-14(17)21(26-22)24-12-13-6-2-1-3-7-13/h1-4,6-7,9-10H,5,8,11-12H2,(H2,23,28)(H,24,25,26). The SMILES string of the molecule is NC(=O)c1cccc2c(-c3nc4c(c(NCc5ccccc5)n3)CCC4)nsc12. The zero-order valence-electron chi connectivity index (χ0n) is 15.7. The number of carbonyl (C=O) groups is 1. The first-order valence-electron chi connectivity index (χ1n) is 9.57. The molecule has 0 saturated carbocycles. The van der Waals surface area contributed by atoms with Gasteiger partial charge in [-0.15, -0.1) is 0 Å². The number of aryl methyl sites for hydroxylation is 1. The molecule has 0 spiro atoms. The zero-order chi connectivity index (χ0) is 19.8. The Kier molecular flexibility index (Phi) is 4.44. The molecule has 1 aliphatic carbocycles. The second-order valence-corrected chi connectivity index (χ2v) is 7.86. The van der Waals surface area contributed by atoms with Crippen molar-refractivity contribution in [3.8, 4) is 11.5 Å². The van der Waals surface area contributed by atoms with Crippen molar-refractivity contribution in [3.05, 3.63) is 70.9 Å². The summed E-state index contributed by atoms with van der Waals surface area (Å²) in [5, 5.41) is 4.35. The van der Waals surface area contributed by atoms with Crippen LogP contribution in [0.15, 0.2) is 48.5 Å². The van der Waals surface area contributed by atoms with Gasteiger partial charge in [-0.05, 0) is 42.4 Å². The quantitative estimate of drug-likeness (QED) is 0.528. The summed E-state index contributed by atoms with van der Waals surface area (Å²) < 4.78 is 5.35. The maximum absolute atomic E-state index is 11.7. The molecule has 3 N–H and O–H groups in total. The number of nitrogens with two attached hydrogens (primary N) is 1. The Bertz CT molecular complexity index is 1220. The van der Waals surface area contributed by atoms with E-state index in [2.05, 4.69) is 21.8 Å². The van der Waals surface area contributed by atoms with Crippen LogP contribution in [0.2, 0.25) is 0 Å². The highest BCUT2D eigenvalue weighted by Gasteiger charge is 2.22. The molecule has 2 aromatic carbocycles. The normalized spacial score (nSPS) is 12.8. The van der Waals surface area contributed by atoms with Gasteiger partial charge in [0.15, 0.2) is 5.82 Å². The van der Waals surface area contributed by atoms with Crippen molar-refractivity contribution in [2.75, 3.05) is 5.32 Å². The molecule has 7 heteroatoms.